The lowest BCUT2D eigenvalue weighted by atomic mass is 10.1. The third kappa shape index (κ3) is 5.35. The number of halogens is 2. The van der Waals surface area contributed by atoms with Crippen LogP contribution in [-0.4, -0.2) is 14.4 Å². The molecular formula is C17H19Cl2N3O3S. The summed E-state index contributed by atoms with van der Waals surface area (Å²) in [4.78, 5) is 12.2. The largest absolute Gasteiger partial charge is 0.332 e. The van der Waals surface area contributed by atoms with Crippen molar-refractivity contribution in [3.05, 3.63) is 63.6 Å². The van der Waals surface area contributed by atoms with Crippen LogP contribution in [0.3, 0.4) is 0 Å². The lowest BCUT2D eigenvalue weighted by Crippen LogP contribution is -2.38. The number of amides is 2. The van der Waals surface area contributed by atoms with Crippen LogP contribution < -0.4 is 15.8 Å². The molecule has 0 aliphatic heterocycles. The van der Waals surface area contributed by atoms with Crippen molar-refractivity contribution < 1.29 is 13.2 Å². The molecule has 2 aromatic carbocycles. The van der Waals surface area contributed by atoms with Gasteiger partial charge in [-0.25, -0.2) is 18.4 Å². The number of nitrogens with two attached hydrogens (primary N) is 1. The van der Waals surface area contributed by atoms with E-state index in [-0.39, 0.29) is 10.9 Å². The monoisotopic (exact) mass is 415 g/mol. The minimum atomic E-state index is -3.80. The highest BCUT2D eigenvalue weighted by molar-refractivity contribution is 7.89. The van der Waals surface area contributed by atoms with Crippen molar-refractivity contribution in [3.8, 4) is 0 Å². The summed E-state index contributed by atoms with van der Waals surface area (Å²) in [7, 11) is -3.80. The average Bonchev–Trinajstić information content (AvgIpc) is 2.56. The normalized spacial score (nSPS) is 13.7. The fourth-order valence-corrected chi connectivity index (χ4v) is 3.22. The van der Waals surface area contributed by atoms with Gasteiger partial charge in [-0.2, -0.15) is 0 Å². The first-order valence-corrected chi connectivity index (χ1v) is 10.0. The van der Waals surface area contributed by atoms with Crippen molar-refractivity contribution >= 4 is 39.3 Å². The first-order chi connectivity index (χ1) is 12.1. The third-order valence-corrected chi connectivity index (χ3v) is 5.48. The maximum atomic E-state index is 12.2. The molecule has 26 heavy (non-hydrogen) atoms. The maximum absolute atomic E-state index is 12.2. The molecule has 140 valence electrons. The van der Waals surface area contributed by atoms with Gasteiger partial charge in [-0.15, -0.1) is 0 Å². The molecular weight excluding hydrogens is 397 g/mol. The number of hydrogen-bond donors (Lipinski definition) is 3. The van der Waals surface area contributed by atoms with E-state index in [1.165, 1.54) is 12.1 Å². The van der Waals surface area contributed by atoms with Crippen molar-refractivity contribution in [2.24, 2.45) is 5.14 Å². The van der Waals surface area contributed by atoms with E-state index in [1.54, 1.807) is 37.3 Å². The van der Waals surface area contributed by atoms with E-state index < -0.39 is 22.1 Å². The number of primary sulfonamides is 1. The summed E-state index contributed by atoms with van der Waals surface area (Å²) in [6, 6.07) is 10.1. The Hall–Kier alpha value is -1.80. The van der Waals surface area contributed by atoms with Crippen LogP contribution >= 0.6 is 23.2 Å². The maximum Gasteiger partial charge on any atom is 0.315 e. The Morgan fingerprint density at radius 1 is 0.962 bits per heavy atom. The van der Waals surface area contributed by atoms with Gasteiger partial charge < -0.3 is 10.6 Å². The van der Waals surface area contributed by atoms with E-state index >= 15 is 0 Å². The number of rotatable bonds is 5. The molecule has 0 aliphatic rings. The van der Waals surface area contributed by atoms with E-state index in [4.69, 9.17) is 28.3 Å². The summed E-state index contributed by atoms with van der Waals surface area (Å²) in [5, 5.41) is 11.5. The number of benzene rings is 2. The van der Waals surface area contributed by atoms with E-state index in [2.05, 4.69) is 10.6 Å². The Balaban J connectivity index is 2.04. The fourth-order valence-electron chi connectivity index (χ4n) is 2.34. The highest BCUT2D eigenvalue weighted by Gasteiger charge is 2.15. The van der Waals surface area contributed by atoms with E-state index in [9.17, 15) is 13.2 Å². The first kappa shape index (κ1) is 20.5. The van der Waals surface area contributed by atoms with Crippen molar-refractivity contribution in [1.29, 1.82) is 0 Å². The Bertz CT molecular complexity index is 919. The van der Waals surface area contributed by atoms with Gasteiger partial charge in [0.05, 0.1) is 27.0 Å². The van der Waals surface area contributed by atoms with Crippen LogP contribution in [0.15, 0.2) is 47.4 Å². The van der Waals surface area contributed by atoms with Gasteiger partial charge in [-0.05, 0) is 49.2 Å². The molecule has 2 aromatic rings. The molecule has 0 fully saturated rings. The zero-order chi connectivity index (χ0) is 19.5. The van der Waals surface area contributed by atoms with Gasteiger partial charge in [0.1, 0.15) is 0 Å². The molecule has 0 spiro atoms. The van der Waals surface area contributed by atoms with Gasteiger partial charge in [-0.1, -0.05) is 41.4 Å². The standard InChI is InChI=1S/C17H19Cl2N3O3S/c1-10(12-4-3-5-14(8-12)26(20,24)25)21-17(23)22-11(2)13-6-7-15(18)16(19)9-13/h3-11H,1-2H3,(H2,20,24,25)(H2,21,22,23). The van der Waals surface area contributed by atoms with Crippen molar-refractivity contribution in [2.75, 3.05) is 0 Å². The molecule has 2 atom stereocenters. The lowest BCUT2D eigenvalue weighted by Gasteiger charge is -2.19. The molecule has 6 nitrogen and oxygen atoms in total. The smallest absolute Gasteiger partial charge is 0.315 e. The van der Waals surface area contributed by atoms with Crippen molar-refractivity contribution in [1.82, 2.24) is 10.6 Å². The van der Waals surface area contributed by atoms with Gasteiger partial charge in [0.15, 0.2) is 0 Å². The van der Waals surface area contributed by atoms with Crippen molar-refractivity contribution in [3.63, 3.8) is 0 Å². The predicted octanol–water partition coefficient (Wildman–Crippen LogP) is 3.76. The zero-order valence-corrected chi connectivity index (χ0v) is 16.5. The summed E-state index contributed by atoms with van der Waals surface area (Å²) in [5.74, 6) is 0. The first-order valence-electron chi connectivity index (χ1n) is 7.72. The second kappa shape index (κ2) is 8.26. The number of nitrogens with one attached hydrogen (secondary N) is 2. The van der Waals surface area contributed by atoms with Gasteiger partial charge in [0.25, 0.3) is 0 Å². The molecule has 0 aromatic heterocycles. The molecule has 0 bridgehead atoms. The second-order valence-corrected chi connectivity index (χ2v) is 8.23. The van der Waals surface area contributed by atoms with Crippen LogP contribution in [0.1, 0.15) is 37.1 Å². The Labute approximate surface area is 162 Å². The minimum absolute atomic E-state index is 0.00627. The average molecular weight is 416 g/mol. The summed E-state index contributed by atoms with van der Waals surface area (Å²) in [6.07, 6.45) is 0. The van der Waals surface area contributed by atoms with Crippen LogP contribution in [-0.2, 0) is 10.0 Å². The van der Waals surface area contributed by atoms with Crippen LogP contribution in [0.25, 0.3) is 0 Å². The SMILES string of the molecule is CC(NC(=O)NC(C)c1ccc(Cl)c(Cl)c1)c1cccc(S(N)(=O)=O)c1. The van der Waals surface area contributed by atoms with Gasteiger partial charge in [0.2, 0.25) is 10.0 Å². The second-order valence-electron chi connectivity index (χ2n) is 5.85. The molecule has 0 saturated heterocycles. The molecule has 4 N–H and O–H groups in total. The molecule has 0 aliphatic carbocycles. The Kier molecular flexibility index (Phi) is 6.52. The summed E-state index contributed by atoms with van der Waals surface area (Å²) in [6.45, 7) is 3.55. The quantitative estimate of drug-likeness (QED) is 0.692. The Morgan fingerprint density at radius 2 is 1.54 bits per heavy atom. The molecule has 9 heteroatoms. The van der Waals surface area contributed by atoms with Crippen LogP contribution in [0.2, 0.25) is 10.0 Å². The molecule has 2 rings (SSSR count). The van der Waals surface area contributed by atoms with Gasteiger partial charge in [0, 0.05) is 0 Å². The molecule has 2 unspecified atom stereocenters. The molecule has 0 saturated carbocycles. The van der Waals surface area contributed by atoms with Crippen LogP contribution in [0.4, 0.5) is 4.79 Å². The van der Waals surface area contributed by atoms with Crippen molar-refractivity contribution in [2.45, 2.75) is 30.8 Å². The molecule has 0 heterocycles. The van der Waals surface area contributed by atoms with Crippen LogP contribution in [0, 0.1) is 0 Å². The number of carbonyl (C=O) groups excluding carboxylic acids is 1. The highest BCUT2D eigenvalue weighted by Crippen LogP contribution is 2.25. The number of urea groups is 1. The van der Waals surface area contributed by atoms with Gasteiger partial charge in [-0.3, -0.25) is 0 Å². The fraction of sp³-hybridized carbons (Fsp3) is 0.235. The van der Waals surface area contributed by atoms with E-state index in [1.807, 2.05) is 6.92 Å². The Morgan fingerprint density at radius 3 is 2.08 bits per heavy atom. The van der Waals surface area contributed by atoms with Crippen LogP contribution in [0.5, 0.6) is 0 Å². The minimum Gasteiger partial charge on any atom is -0.332 e. The van der Waals surface area contributed by atoms with E-state index in [0.29, 0.717) is 15.6 Å². The summed E-state index contributed by atoms with van der Waals surface area (Å²) in [5.41, 5.74) is 1.42. The lowest BCUT2D eigenvalue weighted by molar-refractivity contribution is 0.235. The number of carbonyl (C=O) groups is 1. The zero-order valence-electron chi connectivity index (χ0n) is 14.2. The summed E-state index contributed by atoms with van der Waals surface area (Å²) >= 11 is 11.9. The van der Waals surface area contributed by atoms with Gasteiger partial charge >= 0.3 is 6.03 Å². The predicted molar refractivity (Wildman–Crippen MR) is 103 cm³/mol. The van der Waals surface area contributed by atoms with E-state index in [0.717, 1.165) is 5.56 Å². The molecule has 2 amide bonds. The number of hydrogen-bond acceptors (Lipinski definition) is 3. The summed E-state index contributed by atoms with van der Waals surface area (Å²) < 4.78 is 22.9. The number of sulfonamides is 1. The molecule has 0 radical (unpaired) electrons. The highest BCUT2D eigenvalue weighted by atomic mass is 35.5. The third-order valence-electron chi connectivity index (χ3n) is 3.83. The topological polar surface area (TPSA) is 101 Å².